The molecule has 12 heteroatoms. The number of aliphatic hydroxyl groups excluding tert-OH is 2. The van der Waals surface area contributed by atoms with Crippen molar-refractivity contribution in [3.05, 3.63) is 63.5 Å². The topological polar surface area (TPSA) is 108 Å². The van der Waals surface area contributed by atoms with Gasteiger partial charge in [-0.1, -0.05) is 6.92 Å². The number of halogens is 4. The predicted octanol–water partition coefficient (Wildman–Crippen LogP) is 2.40. The largest absolute Gasteiger partial charge is 0.389 e. The number of rotatable bonds is 5. The lowest BCUT2D eigenvalue weighted by Gasteiger charge is -2.25. The zero-order valence-electron chi connectivity index (χ0n) is 19.6. The van der Waals surface area contributed by atoms with Gasteiger partial charge in [0.15, 0.2) is 28.9 Å². The number of fused-ring (bicyclic) bond motifs is 1. The number of carbonyl (C=O) groups is 1. The van der Waals surface area contributed by atoms with E-state index < -0.39 is 80.5 Å². The highest BCUT2D eigenvalue weighted by Gasteiger charge is 2.33. The lowest BCUT2D eigenvalue weighted by Crippen LogP contribution is -2.44. The van der Waals surface area contributed by atoms with Crippen molar-refractivity contribution in [1.82, 2.24) is 14.9 Å². The minimum absolute atomic E-state index is 0.188. The van der Waals surface area contributed by atoms with Crippen LogP contribution in [0, 0.1) is 23.3 Å². The smallest absolute Gasteiger partial charge is 0.257 e. The highest BCUT2D eigenvalue weighted by Crippen LogP contribution is 2.28. The minimum atomic E-state index is -1.35. The van der Waals surface area contributed by atoms with Crippen LogP contribution < -0.4 is 15.6 Å². The van der Waals surface area contributed by atoms with Gasteiger partial charge in [-0.25, -0.2) is 22.5 Å². The number of hydrogen-bond donors (Lipinski definition) is 3. The first-order chi connectivity index (χ1) is 16.8. The Morgan fingerprint density at radius 3 is 2.22 bits per heavy atom. The number of amides is 1. The molecule has 0 saturated carbocycles. The third kappa shape index (κ3) is 4.53. The summed E-state index contributed by atoms with van der Waals surface area (Å²) in [7, 11) is 0. The molecule has 1 saturated heterocycles. The van der Waals surface area contributed by atoms with Gasteiger partial charge >= 0.3 is 0 Å². The Hall–Kier alpha value is -3.51. The van der Waals surface area contributed by atoms with Crippen molar-refractivity contribution in [3.63, 3.8) is 0 Å². The second-order valence-corrected chi connectivity index (χ2v) is 9.36. The van der Waals surface area contributed by atoms with Crippen molar-refractivity contribution in [2.75, 3.05) is 18.0 Å². The Kier molecular flexibility index (Phi) is 6.52. The summed E-state index contributed by atoms with van der Waals surface area (Å²) in [5.41, 5.74) is -3.46. The Morgan fingerprint density at radius 2 is 1.67 bits per heavy atom. The quantitative estimate of drug-likeness (QED) is 0.457. The molecule has 0 aliphatic carbocycles. The molecule has 0 spiro atoms. The number of carbonyl (C=O) groups excluding carboxylic acids is 1. The van der Waals surface area contributed by atoms with Gasteiger partial charge in [-0.05, 0) is 26.3 Å². The van der Waals surface area contributed by atoms with E-state index in [0.717, 1.165) is 16.8 Å². The van der Waals surface area contributed by atoms with Crippen LogP contribution in [0.5, 0.6) is 0 Å². The molecule has 2 aromatic heterocycles. The Morgan fingerprint density at radius 1 is 1.08 bits per heavy atom. The molecule has 0 bridgehead atoms. The number of aliphatic hydroxyl groups is 2. The van der Waals surface area contributed by atoms with Gasteiger partial charge in [-0.2, -0.15) is 0 Å². The molecule has 3 N–H and O–H groups in total. The summed E-state index contributed by atoms with van der Waals surface area (Å²) in [4.78, 5) is 31.5. The van der Waals surface area contributed by atoms with Gasteiger partial charge in [0.25, 0.3) is 5.91 Å². The molecule has 1 aromatic carbocycles. The molecular formula is C24H24F4N4O4. The fraction of sp³-hybridized carbons (Fsp3) is 0.375. The van der Waals surface area contributed by atoms with E-state index in [1.807, 2.05) is 0 Å². The lowest BCUT2D eigenvalue weighted by atomic mass is 10.0. The molecule has 1 aliphatic rings. The van der Waals surface area contributed by atoms with Gasteiger partial charge in [0, 0.05) is 37.0 Å². The fourth-order valence-corrected chi connectivity index (χ4v) is 3.94. The number of anilines is 1. The van der Waals surface area contributed by atoms with Crippen LogP contribution in [0.15, 0.2) is 29.2 Å². The van der Waals surface area contributed by atoms with Gasteiger partial charge in [-0.3, -0.25) is 14.2 Å². The Bertz CT molecular complexity index is 1390. The van der Waals surface area contributed by atoms with Crippen molar-refractivity contribution >= 4 is 22.8 Å². The molecule has 8 nitrogen and oxygen atoms in total. The number of benzene rings is 1. The molecule has 1 unspecified atom stereocenters. The summed E-state index contributed by atoms with van der Waals surface area (Å²) in [6, 6.07) is 1.61. The van der Waals surface area contributed by atoms with Gasteiger partial charge in [-0.15, -0.1) is 0 Å². The monoisotopic (exact) mass is 508 g/mol. The first-order valence-corrected chi connectivity index (χ1v) is 11.2. The Balaban J connectivity index is 2.02. The molecule has 1 aliphatic heterocycles. The highest BCUT2D eigenvalue weighted by molar-refractivity contribution is 5.97. The van der Waals surface area contributed by atoms with Crippen LogP contribution in [0.2, 0.25) is 0 Å². The summed E-state index contributed by atoms with van der Waals surface area (Å²) in [6.07, 6.45) is -1.02. The molecule has 0 radical (unpaired) electrons. The van der Waals surface area contributed by atoms with Crippen molar-refractivity contribution in [2.45, 2.75) is 44.9 Å². The van der Waals surface area contributed by atoms with E-state index in [1.165, 1.54) is 4.90 Å². The van der Waals surface area contributed by atoms with E-state index in [9.17, 15) is 33.0 Å². The van der Waals surface area contributed by atoms with Crippen molar-refractivity contribution in [2.24, 2.45) is 0 Å². The van der Waals surface area contributed by atoms with Crippen LogP contribution in [0.25, 0.3) is 16.7 Å². The maximum atomic E-state index is 15.1. The van der Waals surface area contributed by atoms with Crippen molar-refractivity contribution < 1.29 is 32.6 Å². The normalized spacial score (nSPS) is 18.2. The van der Waals surface area contributed by atoms with Gasteiger partial charge in [0.1, 0.15) is 17.1 Å². The van der Waals surface area contributed by atoms with Crippen LogP contribution in [-0.4, -0.2) is 56.5 Å². The van der Waals surface area contributed by atoms with Gasteiger partial charge in [0.2, 0.25) is 5.43 Å². The van der Waals surface area contributed by atoms with Gasteiger partial charge in [0.05, 0.1) is 17.6 Å². The zero-order chi connectivity index (χ0) is 26.5. The molecule has 36 heavy (non-hydrogen) atoms. The summed E-state index contributed by atoms with van der Waals surface area (Å²) in [6.45, 7) is 4.83. The van der Waals surface area contributed by atoms with Crippen LogP contribution >= 0.6 is 0 Å². The van der Waals surface area contributed by atoms with Crippen LogP contribution in [-0.2, 0) is 0 Å². The maximum Gasteiger partial charge on any atom is 0.257 e. The van der Waals surface area contributed by atoms with Crippen molar-refractivity contribution in [1.29, 1.82) is 0 Å². The van der Waals surface area contributed by atoms with E-state index in [0.29, 0.717) is 18.6 Å². The first-order valence-electron chi connectivity index (χ1n) is 11.2. The SMILES string of the molecule is CCC(C)(C)NC(=O)c1cn(-c2c(F)cc(F)cc2F)c2nc(N3CC(O)[C@H](O)C3)c(F)cc2c1=O. The molecular weight excluding hydrogens is 484 g/mol. The molecule has 3 aromatic rings. The zero-order valence-corrected chi connectivity index (χ0v) is 19.6. The molecule has 1 amide bonds. The molecule has 192 valence electrons. The first kappa shape index (κ1) is 25.6. The third-order valence-electron chi connectivity index (χ3n) is 6.27. The summed E-state index contributed by atoms with van der Waals surface area (Å²) < 4.78 is 59.1. The Labute approximate surface area is 202 Å². The number of aromatic nitrogens is 2. The van der Waals surface area contributed by atoms with E-state index in [4.69, 9.17) is 0 Å². The molecule has 3 heterocycles. The number of pyridine rings is 2. The van der Waals surface area contributed by atoms with E-state index >= 15 is 4.39 Å². The average molecular weight is 508 g/mol. The molecule has 1 fully saturated rings. The van der Waals surface area contributed by atoms with Crippen molar-refractivity contribution in [3.8, 4) is 5.69 Å². The number of nitrogens with zero attached hydrogens (tertiary/aromatic N) is 3. The fourth-order valence-electron chi connectivity index (χ4n) is 3.94. The highest BCUT2D eigenvalue weighted by atomic mass is 19.1. The van der Waals surface area contributed by atoms with Crippen LogP contribution in [0.3, 0.4) is 0 Å². The van der Waals surface area contributed by atoms with Gasteiger partial charge < -0.3 is 20.4 Å². The lowest BCUT2D eigenvalue weighted by molar-refractivity contribution is 0.0572. The summed E-state index contributed by atoms with van der Waals surface area (Å²) in [5.74, 6) is -6.16. The minimum Gasteiger partial charge on any atom is -0.389 e. The second kappa shape index (κ2) is 9.17. The van der Waals surface area contributed by atoms with E-state index in [1.54, 1.807) is 20.8 Å². The number of nitrogens with one attached hydrogen (secondary N) is 1. The molecule has 2 atom stereocenters. The molecule has 4 rings (SSSR count). The predicted molar refractivity (Wildman–Crippen MR) is 123 cm³/mol. The standard InChI is InChI=1S/C24H24F4N4O4/c1-4-24(2,3)30-23(36)13-8-32(19-14(26)5-11(25)6-15(19)27)21-12(20(13)35)7-16(28)22(29-21)31-9-17(33)18(34)10-31/h5-8,17-18,33-34H,4,9-10H2,1-3H3,(H,30,36)/t17-,18?/m1/s1. The summed E-state index contributed by atoms with van der Waals surface area (Å²) >= 11 is 0. The van der Waals surface area contributed by atoms with E-state index in [2.05, 4.69) is 10.3 Å². The second-order valence-electron chi connectivity index (χ2n) is 9.36. The van der Waals surface area contributed by atoms with E-state index in [-0.39, 0.29) is 13.1 Å². The number of hydrogen-bond acceptors (Lipinski definition) is 6. The van der Waals surface area contributed by atoms with Crippen LogP contribution in [0.4, 0.5) is 23.4 Å². The average Bonchev–Trinajstić information content (AvgIpc) is 3.12. The maximum absolute atomic E-state index is 15.1. The van der Waals surface area contributed by atoms with Crippen LogP contribution in [0.1, 0.15) is 37.6 Å². The number of β-amino-alcohol motifs (C(OH)–C–C–N with tert-alkyl or cyclic N) is 2. The summed E-state index contributed by atoms with van der Waals surface area (Å²) in [5, 5.41) is 21.9. The third-order valence-corrected chi connectivity index (χ3v) is 6.27.